The molecule has 1 saturated carbocycles. The van der Waals surface area contributed by atoms with E-state index < -0.39 is 5.82 Å². The van der Waals surface area contributed by atoms with Crippen molar-refractivity contribution in [2.75, 3.05) is 23.8 Å². The second-order valence-corrected chi connectivity index (χ2v) is 7.83. The Kier molecular flexibility index (Phi) is 4.35. The third kappa shape index (κ3) is 2.97. The topological polar surface area (TPSA) is 91.2 Å². The molecule has 154 valence electrons. The van der Waals surface area contributed by atoms with Crippen LogP contribution in [0.5, 0.6) is 0 Å². The summed E-state index contributed by atoms with van der Waals surface area (Å²) < 4.78 is 17.0. The molecule has 1 aliphatic rings. The predicted molar refractivity (Wildman–Crippen MR) is 113 cm³/mol. The van der Waals surface area contributed by atoms with Gasteiger partial charge in [-0.15, -0.1) is 0 Å². The minimum atomic E-state index is -0.530. The minimum Gasteiger partial charge on any atom is -0.371 e. The van der Waals surface area contributed by atoms with Gasteiger partial charge in [0, 0.05) is 36.7 Å². The van der Waals surface area contributed by atoms with Gasteiger partial charge in [-0.25, -0.2) is 9.37 Å². The summed E-state index contributed by atoms with van der Waals surface area (Å²) in [6.07, 6.45) is 8.43. The van der Waals surface area contributed by atoms with Crippen molar-refractivity contribution in [2.24, 2.45) is 5.92 Å². The molecule has 0 unspecified atom stereocenters. The van der Waals surface area contributed by atoms with E-state index in [1.807, 2.05) is 6.92 Å². The van der Waals surface area contributed by atoms with Crippen LogP contribution in [0, 0.1) is 11.7 Å². The maximum absolute atomic E-state index is 15.2. The van der Waals surface area contributed by atoms with E-state index >= 15 is 4.39 Å². The minimum absolute atomic E-state index is 0.0200. The molecule has 3 aromatic heterocycles. The monoisotopic (exact) mass is 427 g/mol. The Balaban J connectivity index is 1.62. The van der Waals surface area contributed by atoms with Gasteiger partial charge in [0.05, 0.1) is 34.8 Å². The Morgan fingerprint density at radius 3 is 2.93 bits per heavy atom. The molecule has 1 aromatic carbocycles. The van der Waals surface area contributed by atoms with E-state index in [0.717, 1.165) is 12.8 Å². The van der Waals surface area contributed by atoms with Crippen molar-refractivity contribution >= 4 is 45.6 Å². The van der Waals surface area contributed by atoms with E-state index in [0.29, 0.717) is 45.9 Å². The number of imidazole rings is 1. The number of rotatable bonds is 5. The van der Waals surface area contributed by atoms with Crippen molar-refractivity contribution in [1.29, 1.82) is 0 Å². The number of halogens is 2. The van der Waals surface area contributed by atoms with E-state index in [1.54, 1.807) is 41.1 Å². The average molecular weight is 428 g/mol. The molecule has 0 bridgehead atoms. The second-order valence-electron chi connectivity index (χ2n) is 7.45. The van der Waals surface area contributed by atoms with Crippen molar-refractivity contribution in [2.45, 2.75) is 19.8 Å². The first kappa shape index (κ1) is 18.8. The number of aromatic amines is 1. The van der Waals surface area contributed by atoms with Crippen LogP contribution in [-0.4, -0.2) is 44.1 Å². The standard InChI is InChI=1S/C20H19ClFN7O/c1-3-28(2)19-17(22)16(21)15(11-6-24-27-18(11)19)12-8-29-9-13(25-14(29)7-23-12)26-20(30)10-4-5-10/h6-10H,3-5H2,1-2H3,(H,24,27)(H,26,30). The van der Waals surface area contributed by atoms with Crippen molar-refractivity contribution in [3.05, 3.63) is 35.6 Å². The summed E-state index contributed by atoms with van der Waals surface area (Å²) in [6.45, 7) is 2.53. The molecule has 8 nitrogen and oxygen atoms in total. The number of anilines is 2. The molecule has 0 atom stereocenters. The highest BCUT2D eigenvalue weighted by Crippen LogP contribution is 2.41. The van der Waals surface area contributed by atoms with Gasteiger partial charge in [-0.05, 0) is 19.8 Å². The summed E-state index contributed by atoms with van der Waals surface area (Å²) in [4.78, 5) is 22.6. The highest BCUT2D eigenvalue weighted by molar-refractivity contribution is 6.35. The lowest BCUT2D eigenvalue weighted by molar-refractivity contribution is -0.117. The number of hydrogen-bond acceptors (Lipinski definition) is 5. The molecule has 5 rings (SSSR count). The van der Waals surface area contributed by atoms with Crippen LogP contribution in [0.2, 0.25) is 5.02 Å². The van der Waals surface area contributed by atoms with Crippen molar-refractivity contribution in [3.63, 3.8) is 0 Å². The highest BCUT2D eigenvalue weighted by atomic mass is 35.5. The molecule has 10 heteroatoms. The zero-order valence-corrected chi connectivity index (χ0v) is 17.2. The van der Waals surface area contributed by atoms with Crippen LogP contribution in [0.3, 0.4) is 0 Å². The first-order valence-corrected chi connectivity index (χ1v) is 10.1. The molecule has 0 aliphatic heterocycles. The van der Waals surface area contributed by atoms with Crippen molar-refractivity contribution < 1.29 is 9.18 Å². The molecular weight excluding hydrogens is 409 g/mol. The van der Waals surface area contributed by atoms with E-state index in [4.69, 9.17) is 11.6 Å². The molecule has 30 heavy (non-hydrogen) atoms. The van der Waals surface area contributed by atoms with Gasteiger partial charge >= 0.3 is 0 Å². The second kappa shape index (κ2) is 6.94. The molecule has 0 saturated heterocycles. The molecule has 1 fully saturated rings. The summed E-state index contributed by atoms with van der Waals surface area (Å²) in [5, 5.41) is 10.4. The lowest BCUT2D eigenvalue weighted by Gasteiger charge is -2.20. The van der Waals surface area contributed by atoms with Gasteiger partial charge in [-0.2, -0.15) is 5.10 Å². The molecular formula is C20H19ClFN7O. The largest absolute Gasteiger partial charge is 0.371 e. The Bertz CT molecular complexity index is 1290. The lowest BCUT2D eigenvalue weighted by atomic mass is 10.0. The Hall–Kier alpha value is -3.20. The number of aromatic nitrogens is 5. The third-order valence-corrected chi connectivity index (χ3v) is 5.77. The zero-order valence-electron chi connectivity index (χ0n) is 16.4. The van der Waals surface area contributed by atoms with Crippen LogP contribution in [0.25, 0.3) is 27.8 Å². The molecule has 3 heterocycles. The predicted octanol–water partition coefficient (Wildman–Crippen LogP) is 3.87. The molecule has 2 N–H and O–H groups in total. The van der Waals surface area contributed by atoms with Gasteiger partial charge in [0.1, 0.15) is 5.69 Å². The number of nitrogens with zero attached hydrogens (tertiary/aromatic N) is 5. The maximum Gasteiger partial charge on any atom is 0.228 e. The summed E-state index contributed by atoms with van der Waals surface area (Å²) in [6, 6.07) is 0. The van der Waals surface area contributed by atoms with E-state index in [9.17, 15) is 4.79 Å². The quantitative estimate of drug-likeness (QED) is 0.504. The maximum atomic E-state index is 15.2. The van der Waals surface area contributed by atoms with Gasteiger partial charge in [0.2, 0.25) is 5.91 Å². The van der Waals surface area contributed by atoms with Crippen LogP contribution in [0.4, 0.5) is 15.9 Å². The number of fused-ring (bicyclic) bond motifs is 2. The van der Waals surface area contributed by atoms with Gasteiger partial charge in [0.15, 0.2) is 17.3 Å². The fraction of sp³-hybridized carbons (Fsp3) is 0.300. The fourth-order valence-electron chi connectivity index (χ4n) is 3.53. The summed E-state index contributed by atoms with van der Waals surface area (Å²) in [7, 11) is 1.79. The summed E-state index contributed by atoms with van der Waals surface area (Å²) in [5.41, 5.74) is 2.41. The van der Waals surface area contributed by atoms with Crippen LogP contribution < -0.4 is 10.2 Å². The number of hydrogen-bond donors (Lipinski definition) is 2. The number of benzene rings is 1. The smallest absolute Gasteiger partial charge is 0.228 e. The summed E-state index contributed by atoms with van der Waals surface area (Å²) in [5.74, 6) is -0.0129. The van der Waals surface area contributed by atoms with E-state index in [2.05, 4.69) is 25.5 Å². The molecule has 1 amide bonds. The normalized spacial score (nSPS) is 13.9. The highest BCUT2D eigenvalue weighted by Gasteiger charge is 2.30. The number of nitrogens with one attached hydrogen (secondary N) is 2. The first-order valence-electron chi connectivity index (χ1n) is 9.69. The average Bonchev–Trinajstić information content (AvgIpc) is 3.36. The Labute approximate surface area is 176 Å². The van der Waals surface area contributed by atoms with Gasteiger partial charge in [0.25, 0.3) is 0 Å². The lowest BCUT2D eigenvalue weighted by Crippen LogP contribution is -2.18. The SMILES string of the molecule is CCN(C)c1c(F)c(Cl)c(-c2cn3cc(NC(=O)C4CC4)nc3cn2)c2cn[nH]c12. The number of H-pyrrole nitrogens is 1. The third-order valence-electron chi connectivity index (χ3n) is 5.42. The van der Waals surface area contributed by atoms with Gasteiger partial charge in [-0.3, -0.25) is 14.9 Å². The van der Waals surface area contributed by atoms with Crippen molar-refractivity contribution in [3.8, 4) is 11.3 Å². The number of carbonyl (C=O) groups is 1. The van der Waals surface area contributed by atoms with Crippen LogP contribution in [-0.2, 0) is 4.79 Å². The van der Waals surface area contributed by atoms with Crippen molar-refractivity contribution in [1.82, 2.24) is 24.6 Å². The van der Waals surface area contributed by atoms with Crippen LogP contribution >= 0.6 is 11.6 Å². The van der Waals surface area contributed by atoms with Crippen LogP contribution in [0.1, 0.15) is 19.8 Å². The first-order chi connectivity index (χ1) is 14.5. The zero-order chi connectivity index (χ0) is 21.0. The molecule has 1 aliphatic carbocycles. The fourth-order valence-corrected chi connectivity index (χ4v) is 3.82. The Morgan fingerprint density at radius 2 is 2.20 bits per heavy atom. The van der Waals surface area contributed by atoms with Gasteiger partial charge in [-0.1, -0.05) is 11.6 Å². The molecule has 0 radical (unpaired) electrons. The molecule has 0 spiro atoms. The summed E-state index contributed by atoms with van der Waals surface area (Å²) >= 11 is 6.47. The Morgan fingerprint density at radius 1 is 1.40 bits per heavy atom. The molecule has 4 aromatic rings. The van der Waals surface area contributed by atoms with E-state index in [1.165, 1.54) is 0 Å². The number of amides is 1. The van der Waals surface area contributed by atoms with Crippen LogP contribution in [0.15, 0.2) is 24.8 Å². The van der Waals surface area contributed by atoms with Gasteiger partial charge < -0.3 is 14.6 Å². The van der Waals surface area contributed by atoms with E-state index in [-0.39, 0.29) is 16.8 Å². The number of carbonyl (C=O) groups excluding carboxylic acids is 1.